The second-order valence-electron chi connectivity index (χ2n) is 4.03. The summed E-state index contributed by atoms with van der Waals surface area (Å²) in [5.41, 5.74) is 1.49. The number of nitrogens with one attached hydrogen (secondary N) is 2. The van der Waals surface area contributed by atoms with Gasteiger partial charge in [-0.1, -0.05) is 25.1 Å². The fraction of sp³-hybridized carbons (Fsp3) is 0.385. The lowest BCUT2D eigenvalue weighted by atomic mass is 10.2. The minimum Gasteiger partial charge on any atom is -0.394 e. The molecule has 0 saturated carbocycles. The van der Waals surface area contributed by atoms with E-state index in [1.165, 1.54) is 0 Å². The van der Waals surface area contributed by atoms with E-state index in [-0.39, 0.29) is 12.6 Å². The van der Waals surface area contributed by atoms with Gasteiger partial charge in [0.05, 0.1) is 12.6 Å². The van der Waals surface area contributed by atoms with Crippen LogP contribution in [0.4, 0.5) is 5.69 Å². The molecule has 0 saturated heterocycles. The highest BCUT2D eigenvalue weighted by Gasteiger charge is 2.17. The standard InChI is InChI=1S/C13H18N2O3/c1-3-10(8-16)14-12(17)13(18)15-11-7-5-4-6-9(11)2/h4-7,10,16H,3,8H2,1-2H3,(H,14,17)(H,15,18)/t10-/m0/s1. The number of hydrogen-bond acceptors (Lipinski definition) is 3. The SMILES string of the molecule is CC[C@@H](CO)NC(=O)C(=O)Nc1ccccc1C. The lowest BCUT2D eigenvalue weighted by Gasteiger charge is -2.14. The Morgan fingerprint density at radius 2 is 1.94 bits per heavy atom. The molecule has 1 atom stereocenters. The van der Waals surface area contributed by atoms with Gasteiger partial charge in [0.25, 0.3) is 0 Å². The Morgan fingerprint density at radius 1 is 1.28 bits per heavy atom. The summed E-state index contributed by atoms with van der Waals surface area (Å²) in [6.07, 6.45) is 0.569. The van der Waals surface area contributed by atoms with E-state index in [1.807, 2.05) is 26.0 Å². The van der Waals surface area contributed by atoms with Crippen LogP contribution in [0.2, 0.25) is 0 Å². The Bertz CT molecular complexity index is 428. The predicted molar refractivity (Wildman–Crippen MR) is 69.1 cm³/mol. The van der Waals surface area contributed by atoms with Crippen LogP contribution in [-0.2, 0) is 9.59 Å². The van der Waals surface area contributed by atoms with Gasteiger partial charge in [-0.05, 0) is 25.0 Å². The molecular formula is C13H18N2O3. The van der Waals surface area contributed by atoms with E-state index in [0.29, 0.717) is 12.1 Å². The maximum Gasteiger partial charge on any atom is 0.313 e. The van der Waals surface area contributed by atoms with Gasteiger partial charge in [0.15, 0.2) is 0 Å². The molecule has 0 aliphatic heterocycles. The monoisotopic (exact) mass is 250 g/mol. The van der Waals surface area contributed by atoms with Crippen molar-refractivity contribution in [3.05, 3.63) is 29.8 Å². The van der Waals surface area contributed by atoms with Crippen LogP contribution < -0.4 is 10.6 Å². The van der Waals surface area contributed by atoms with Gasteiger partial charge in [0, 0.05) is 5.69 Å². The Hall–Kier alpha value is -1.88. The summed E-state index contributed by atoms with van der Waals surface area (Å²) in [7, 11) is 0. The summed E-state index contributed by atoms with van der Waals surface area (Å²) in [6.45, 7) is 3.48. The van der Waals surface area contributed by atoms with Crippen molar-refractivity contribution < 1.29 is 14.7 Å². The van der Waals surface area contributed by atoms with Crippen molar-refractivity contribution in [2.24, 2.45) is 0 Å². The first-order valence-corrected chi connectivity index (χ1v) is 5.86. The highest BCUT2D eigenvalue weighted by atomic mass is 16.3. The van der Waals surface area contributed by atoms with Crippen molar-refractivity contribution in [3.63, 3.8) is 0 Å². The average molecular weight is 250 g/mol. The van der Waals surface area contributed by atoms with E-state index < -0.39 is 11.8 Å². The molecule has 0 heterocycles. The first kappa shape index (κ1) is 14.2. The number of amides is 2. The summed E-state index contributed by atoms with van der Waals surface area (Å²) in [5, 5.41) is 13.9. The number of anilines is 1. The minimum atomic E-state index is -0.737. The number of benzene rings is 1. The first-order chi connectivity index (χ1) is 8.58. The maximum absolute atomic E-state index is 11.6. The molecule has 0 aliphatic carbocycles. The number of carbonyl (C=O) groups excluding carboxylic acids is 2. The third-order valence-electron chi connectivity index (χ3n) is 2.65. The van der Waals surface area contributed by atoms with Gasteiger partial charge in [0.1, 0.15) is 0 Å². The van der Waals surface area contributed by atoms with Gasteiger partial charge in [-0.2, -0.15) is 0 Å². The lowest BCUT2D eigenvalue weighted by molar-refractivity contribution is -0.136. The van der Waals surface area contributed by atoms with Crippen molar-refractivity contribution in [3.8, 4) is 0 Å². The molecule has 0 aliphatic rings. The number of para-hydroxylation sites is 1. The molecule has 0 spiro atoms. The van der Waals surface area contributed by atoms with Gasteiger partial charge in [-0.15, -0.1) is 0 Å². The van der Waals surface area contributed by atoms with Gasteiger partial charge >= 0.3 is 11.8 Å². The highest BCUT2D eigenvalue weighted by Crippen LogP contribution is 2.12. The predicted octanol–water partition coefficient (Wildman–Crippen LogP) is 0.821. The first-order valence-electron chi connectivity index (χ1n) is 5.86. The van der Waals surface area contributed by atoms with Crippen LogP contribution in [-0.4, -0.2) is 29.6 Å². The van der Waals surface area contributed by atoms with E-state index in [4.69, 9.17) is 5.11 Å². The van der Waals surface area contributed by atoms with Crippen LogP contribution >= 0.6 is 0 Å². The Labute approximate surface area is 106 Å². The van der Waals surface area contributed by atoms with E-state index in [9.17, 15) is 9.59 Å². The number of aliphatic hydroxyl groups excluding tert-OH is 1. The summed E-state index contributed by atoms with van der Waals surface area (Å²) in [5.74, 6) is -1.46. The summed E-state index contributed by atoms with van der Waals surface area (Å²) < 4.78 is 0. The van der Waals surface area contributed by atoms with E-state index in [1.54, 1.807) is 12.1 Å². The molecule has 5 heteroatoms. The van der Waals surface area contributed by atoms with Crippen molar-refractivity contribution >= 4 is 17.5 Å². The van der Waals surface area contributed by atoms with Crippen LogP contribution in [0.3, 0.4) is 0 Å². The molecular weight excluding hydrogens is 232 g/mol. The van der Waals surface area contributed by atoms with Crippen molar-refractivity contribution in [2.45, 2.75) is 26.3 Å². The average Bonchev–Trinajstić information content (AvgIpc) is 2.38. The van der Waals surface area contributed by atoms with E-state index in [0.717, 1.165) is 5.56 Å². The van der Waals surface area contributed by atoms with Crippen LogP contribution in [0, 0.1) is 6.92 Å². The van der Waals surface area contributed by atoms with Crippen molar-refractivity contribution in [1.82, 2.24) is 5.32 Å². The van der Waals surface area contributed by atoms with Crippen LogP contribution in [0.25, 0.3) is 0 Å². The molecule has 3 N–H and O–H groups in total. The molecule has 2 amide bonds. The molecule has 1 rings (SSSR count). The Morgan fingerprint density at radius 3 is 2.50 bits per heavy atom. The molecule has 98 valence electrons. The fourth-order valence-corrected chi connectivity index (χ4v) is 1.42. The zero-order valence-electron chi connectivity index (χ0n) is 10.6. The summed E-state index contributed by atoms with van der Waals surface area (Å²) >= 11 is 0. The number of aryl methyl sites for hydroxylation is 1. The van der Waals surface area contributed by atoms with Crippen LogP contribution in [0.1, 0.15) is 18.9 Å². The molecule has 0 fully saturated rings. The molecule has 18 heavy (non-hydrogen) atoms. The van der Waals surface area contributed by atoms with Crippen molar-refractivity contribution in [1.29, 1.82) is 0 Å². The summed E-state index contributed by atoms with van der Waals surface area (Å²) in [4.78, 5) is 23.2. The zero-order chi connectivity index (χ0) is 13.5. The lowest BCUT2D eigenvalue weighted by Crippen LogP contribution is -2.43. The molecule has 0 aromatic heterocycles. The zero-order valence-corrected chi connectivity index (χ0v) is 10.6. The smallest absolute Gasteiger partial charge is 0.313 e. The summed E-state index contributed by atoms with van der Waals surface area (Å²) in [6, 6.07) is 6.81. The van der Waals surface area contributed by atoms with E-state index >= 15 is 0 Å². The Kier molecular flexibility index (Phi) is 5.32. The maximum atomic E-state index is 11.6. The second kappa shape index (κ2) is 6.76. The minimum absolute atomic E-state index is 0.181. The number of aliphatic hydroxyl groups is 1. The Balaban J connectivity index is 2.61. The quantitative estimate of drug-likeness (QED) is 0.692. The molecule has 5 nitrogen and oxygen atoms in total. The molecule has 1 aromatic carbocycles. The topological polar surface area (TPSA) is 78.4 Å². The third kappa shape index (κ3) is 3.85. The number of rotatable bonds is 4. The highest BCUT2D eigenvalue weighted by molar-refractivity contribution is 6.39. The molecule has 1 aromatic rings. The van der Waals surface area contributed by atoms with Crippen molar-refractivity contribution in [2.75, 3.05) is 11.9 Å². The molecule has 0 unspecified atom stereocenters. The normalized spacial score (nSPS) is 11.7. The largest absolute Gasteiger partial charge is 0.394 e. The van der Waals surface area contributed by atoms with Crippen LogP contribution in [0.15, 0.2) is 24.3 Å². The molecule has 0 radical (unpaired) electrons. The van der Waals surface area contributed by atoms with Gasteiger partial charge in [0.2, 0.25) is 0 Å². The fourth-order valence-electron chi connectivity index (χ4n) is 1.42. The second-order valence-corrected chi connectivity index (χ2v) is 4.03. The van der Waals surface area contributed by atoms with Crippen LogP contribution in [0.5, 0.6) is 0 Å². The van der Waals surface area contributed by atoms with Gasteiger partial charge < -0.3 is 15.7 Å². The number of hydrogen-bond donors (Lipinski definition) is 3. The molecule has 0 bridgehead atoms. The number of carbonyl (C=O) groups is 2. The van der Waals surface area contributed by atoms with Gasteiger partial charge in [-0.3, -0.25) is 9.59 Å². The third-order valence-corrected chi connectivity index (χ3v) is 2.65. The van der Waals surface area contributed by atoms with E-state index in [2.05, 4.69) is 10.6 Å². The van der Waals surface area contributed by atoms with Gasteiger partial charge in [-0.25, -0.2) is 0 Å².